The molecule has 0 radical (unpaired) electrons. The summed E-state index contributed by atoms with van der Waals surface area (Å²) in [5.74, 6) is -1.01. The molecule has 1 aliphatic heterocycles. The van der Waals surface area contributed by atoms with Crippen molar-refractivity contribution in [1.82, 2.24) is 9.21 Å². The smallest absolute Gasteiger partial charge is 0.338 e. The third kappa shape index (κ3) is 5.07. The SMILES string of the molecule is CCOC(=O)c1ccc(S(=O)(=O)N2CCN(Cc3c(O)c(Cl)cc(Cl)c3O)CC2)cc1. The Morgan fingerprint density at radius 3 is 2.10 bits per heavy atom. The van der Waals surface area contributed by atoms with Crippen LogP contribution in [0.15, 0.2) is 35.2 Å². The maximum absolute atomic E-state index is 12.9. The van der Waals surface area contributed by atoms with E-state index in [1.807, 2.05) is 4.90 Å². The lowest BCUT2D eigenvalue weighted by Gasteiger charge is -2.34. The molecule has 1 fully saturated rings. The van der Waals surface area contributed by atoms with E-state index in [1.165, 1.54) is 34.6 Å². The molecule has 2 aromatic carbocycles. The molecule has 2 aromatic rings. The average molecular weight is 489 g/mol. The predicted octanol–water partition coefficient (Wildman–Crippen LogP) is 3.09. The molecule has 2 N–H and O–H groups in total. The minimum Gasteiger partial charge on any atom is -0.506 e. The molecule has 168 valence electrons. The summed E-state index contributed by atoms with van der Waals surface area (Å²) in [6.45, 7) is 3.29. The van der Waals surface area contributed by atoms with E-state index in [9.17, 15) is 23.4 Å². The zero-order valence-electron chi connectivity index (χ0n) is 16.7. The Kier molecular flexibility index (Phi) is 7.33. The lowest BCUT2D eigenvalue weighted by Crippen LogP contribution is -2.48. The van der Waals surface area contributed by atoms with E-state index in [0.717, 1.165) is 0 Å². The largest absolute Gasteiger partial charge is 0.506 e. The molecule has 0 unspecified atom stereocenters. The fourth-order valence-electron chi connectivity index (χ4n) is 3.28. The molecule has 0 bridgehead atoms. The third-order valence-electron chi connectivity index (χ3n) is 4.99. The van der Waals surface area contributed by atoms with Gasteiger partial charge in [0.2, 0.25) is 10.0 Å². The quantitative estimate of drug-likeness (QED) is 0.601. The van der Waals surface area contributed by atoms with Gasteiger partial charge >= 0.3 is 5.97 Å². The molecule has 1 saturated heterocycles. The topological polar surface area (TPSA) is 107 Å². The summed E-state index contributed by atoms with van der Waals surface area (Å²) in [7, 11) is -3.73. The number of aromatic hydroxyl groups is 2. The third-order valence-corrected chi connectivity index (χ3v) is 7.48. The van der Waals surface area contributed by atoms with Gasteiger partial charge < -0.3 is 14.9 Å². The van der Waals surface area contributed by atoms with Gasteiger partial charge in [0.1, 0.15) is 11.5 Å². The van der Waals surface area contributed by atoms with Crippen LogP contribution in [0.5, 0.6) is 11.5 Å². The van der Waals surface area contributed by atoms with Crippen LogP contribution in [0.25, 0.3) is 0 Å². The van der Waals surface area contributed by atoms with Crippen LogP contribution in [-0.4, -0.2) is 66.6 Å². The molecule has 0 atom stereocenters. The highest BCUT2D eigenvalue weighted by atomic mass is 35.5. The fourth-order valence-corrected chi connectivity index (χ4v) is 5.20. The van der Waals surface area contributed by atoms with Crippen molar-refractivity contribution in [1.29, 1.82) is 0 Å². The fraction of sp³-hybridized carbons (Fsp3) is 0.350. The van der Waals surface area contributed by atoms with Crippen LogP contribution in [0, 0.1) is 0 Å². The van der Waals surface area contributed by atoms with E-state index in [0.29, 0.717) is 13.1 Å². The Morgan fingerprint density at radius 2 is 1.58 bits per heavy atom. The molecule has 0 saturated carbocycles. The maximum Gasteiger partial charge on any atom is 0.338 e. The second-order valence-corrected chi connectivity index (χ2v) is 9.69. The van der Waals surface area contributed by atoms with E-state index in [2.05, 4.69) is 0 Å². The second kappa shape index (κ2) is 9.62. The van der Waals surface area contributed by atoms with Crippen molar-refractivity contribution in [3.63, 3.8) is 0 Å². The number of nitrogens with zero attached hydrogens (tertiary/aromatic N) is 2. The monoisotopic (exact) mass is 488 g/mol. The number of rotatable bonds is 6. The number of sulfonamides is 1. The zero-order chi connectivity index (χ0) is 22.8. The molecule has 11 heteroatoms. The van der Waals surface area contributed by atoms with Gasteiger partial charge in [-0.2, -0.15) is 4.31 Å². The number of hydrogen-bond donors (Lipinski definition) is 2. The van der Waals surface area contributed by atoms with Gasteiger partial charge in [-0.25, -0.2) is 13.2 Å². The molecule has 1 aliphatic rings. The van der Waals surface area contributed by atoms with Crippen molar-refractivity contribution in [3.05, 3.63) is 51.5 Å². The molecule has 0 spiro atoms. The van der Waals surface area contributed by atoms with E-state index < -0.39 is 16.0 Å². The van der Waals surface area contributed by atoms with Crippen LogP contribution >= 0.6 is 23.2 Å². The lowest BCUT2D eigenvalue weighted by atomic mass is 10.1. The highest BCUT2D eigenvalue weighted by molar-refractivity contribution is 7.89. The van der Waals surface area contributed by atoms with Crippen molar-refractivity contribution >= 4 is 39.2 Å². The number of benzene rings is 2. The van der Waals surface area contributed by atoms with Crippen molar-refractivity contribution < 1.29 is 28.2 Å². The number of ether oxygens (including phenoxy) is 1. The van der Waals surface area contributed by atoms with Gasteiger partial charge in [-0.05, 0) is 37.3 Å². The van der Waals surface area contributed by atoms with Crippen LogP contribution in [0.1, 0.15) is 22.8 Å². The van der Waals surface area contributed by atoms with Crippen LogP contribution in [-0.2, 0) is 21.3 Å². The predicted molar refractivity (Wildman–Crippen MR) is 116 cm³/mol. The molecule has 0 aliphatic carbocycles. The van der Waals surface area contributed by atoms with Crippen molar-refractivity contribution in [2.75, 3.05) is 32.8 Å². The van der Waals surface area contributed by atoms with Gasteiger partial charge in [-0.15, -0.1) is 0 Å². The van der Waals surface area contributed by atoms with E-state index in [4.69, 9.17) is 27.9 Å². The lowest BCUT2D eigenvalue weighted by molar-refractivity contribution is 0.0526. The molecule has 8 nitrogen and oxygen atoms in total. The average Bonchev–Trinajstić information content (AvgIpc) is 2.76. The first-order valence-corrected chi connectivity index (χ1v) is 11.7. The number of halogens is 2. The number of piperazine rings is 1. The molecular formula is C20H22Cl2N2O6S. The van der Waals surface area contributed by atoms with Crippen LogP contribution < -0.4 is 0 Å². The van der Waals surface area contributed by atoms with Gasteiger partial charge in [0.05, 0.1) is 32.7 Å². The summed E-state index contributed by atoms with van der Waals surface area (Å²) in [6, 6.07) is 6.89. The molecular weight excluding hydrogens is 467 g/mol. The molecule has 31 heavy (non-hydrogen) atoms. The highest BCUT2D eigenvalue weighted by Crippen LogP contribution is 2.40. The van der Waals surface area contributed by atoms with Crippen LogP contribution in [0.4, 0.5) is 0 Å². The Hall–Kier alpha value is -2.04. The number of hydrogen-bond acceptors (Lipinski definition) is 7. The van der Waals surface area contributed by atoms with Crippen molar-refractivity contribution in [2.45, 2.75) is 18.4 Å². The van der Waals surface area contributed by atoms with Gasteiger partial charge in [0, 0.05) is 32.7 Å². The Labute approximate surface area is 190 Å². The Bertz CT molecular complexity index is 1040. The summed E-state index contributed by atoms with van der Waals surface area (Å²) in [5.41, 5.74) is 0.480. The molecule has 3 rings (SSSR count). The van der Waals surface area contributed by atoms with Crippen molar-refractivity contribution in [2.24, 2.45) is 0 Å². The molecule has 0 amide bonds. The summed E-state index contributed by atoms with van der Waals surface area (Å²) in [6.07, 6.45) is 0. The number of carbonyl (C=O) groups is 1. The van der Waals surface area contributed by atoms with Crippen LogP contribution in [0.2, 0.25) is 10.0 Å². The maximum atomic E-state index is 12.9. The summed E-state index contributed by atoms with van der Waals surface area (Å²) >= 11 is 11.9. The number of phenolic OH excluding ortho intramolecular Hbond substituents is 2. The number of phenols is 2. The summed E-state index contributed by atoms with van der Waals surface area (Å²) in [4.78, 5) is 13.7. The minimum atomic E-state index is -3.73. The normalized spacial score (nSPS) is 15.7. The van der Waals surface area contributed by atoms with E-state index in [-0.39, 0.29) is 63.8 Å². The summed E-state index contributed by atoms with van der Waals surface area (Å²) < 4.78 is 32.1. The van der Waals surface area contributed by atoms with Crippen molar-refractivity contribution in [3.8, 4) is 11.5 Å². The van der Waals surface area contributed by atoms with Gasteiger partial charge in [-0.1, -0.05) is 23.2 Å². The van der Waals surface area contributed by atoms with Crippen LogP contribution in [0.3, 0.4) is 0 Å². The van der Waals surface area contributed by atoms with Gasteiger partial charge in [0.25, 0.3) is 0 Å². The van der Waals surface area contributed by atoms with Gasteiger partial charge in [-0.3, -0.25) is 4.90 Å². The minimum absolute atomic E-state index is 0.0327. The number of esters is 1. The van der Waals surface area contributed by atoms with Gasteiger partial charge in [0.15, 0.2) is 0 Å². The molecule has 0 aromatic heterocycles. The zero-order valence-corrected chi connectivity index (χ0v) is 19.0. The standard InChI is InChI=1S/C20H22Cl2N2O6S/c1-2-30-20(27)13-3-5-14(6-4-13)31(28,29)24-9-7-23(8-10-24)12-15-18(25)16(21)11-17(22)19(15)26/h3-6,11,25-26H,2,7-10,12H2,1H3. The number of carbonyl (C=O) groups excluding carboxylic acids is 1. The highest BCUT2D eigenvalue weighted by Gasteiger charge is 2.29. The Balaban J connectivity index is 1.67. The molecule has 1 heterocycles. The Morgan fingerprint density at radius 1 is 1.03 bits per heavy atom. The van der Waals surface area contributed by atoms with E-state index >= 15 is 0 Å². The first-order valence-electron chi connectivity index (χ1n) is 9.53. The van der Waals surface area contributed by atoms with E-state index in [1.54, 1.807) is 6.92 Å². The second-order valence-electron chi connectivity index (χ2n) is 6.94. The summed E-state index contributed by atoms with van der Waals surface area (Å²) in [5, 5.41) is 20.3. The first-order chi connectivity index (χ1) is 14.6. The first kappa shape index (κ1) is 23.6.